The monoisotopic (exact) mass is 216 g/mol. The number of unbranched alkanes of at least 4 members (excludes halogenated alkanes) is 1. The van der Waals surface area contributed by atoms with Crippen molar-refractivity contribution in [3.05, 3.63) is 0 Å². The van der Waals surface area contributed by atoms with Gasteiger partial charge in [0.2, 0.25) is 0 Å². The van der Waals surface area contributed by atoms with Gasteiger partial charge in [0.25, 0.3) is 0 Å². The van der Waals surface area contributed by atoms with Crippen molar-refractivity contribution in [1.29, 1.82) is 0 Å². The van der Waals surface area contributed by atoms with Crippen LogP contribution in [0.15, 0.2) is 0 Å². The number of hydrogen-bond acceptors (Lipinski definition) is 2. The second kappa shape index (κ2) is 5.58. The van der Waals surface area contributed by atoms with Gasteiger partial charge in [-0.05, 0) is 20.3 Å². The quantitative estimate of drug-likeness (QED) is 0.680. The first-order valence-electron chi connectivity index (χ1n) is 5.09. The molecular formula is C10H20N2O3. The lowest BCUT2D eigenvalue weighted by Crippen LogP contribution is -2.54. The average Bonchev–Trinajstić information content (AvgIpc) is 2.16. The van der Waals surface area contributed by atoms with E-state index in [1.807, 2.05) is 6.92 Å². The fourth-order valence-corrected chi connectivity index (χ4v) is 0.888. The number of likely N-dealkylation sites (N-methyl/N-ethyl adjacent to an activating group) is 1. The first-order valence-corrected chi connectivity index (χ1v) is 5.09. The predicted molar refractivity (Wildman–Crippen MR) is 57.8 cm³/mol. The van der Waals surface area contributed by atoms with Crippen LogP contribution in [0.25, 0.3) is 0 Å². The summed E-state index contributed by atoms with van der Waals surface area (Å²) in [6.45, 7) is 5.59. The second-order valence-corrected chi connectivity index (χ2v) is 4.01. The van der Waals surface area contributed by atoms with E-state index in [0.717, 1.165) is 12.8 Å². The van der Waals surface area contributed by atoms with Crippen LogP contribution in [0.3, 0.4) is 0 Å². The van der Waals surface area contributed by atoms with Crippen LogP contribution < -0.4 is 5.32 Å². The SMILES string of the molecule is CCCCNC(=O)N(C)C(C)(C)C(=O)O. The van der Waals surface area contributed by atoms with E-state index in [4.69, 9.17) is 5.11 Å². The molecule has 0 rings (SSSR count). The molecule has 2 N–H and O–H groups in total. The summed E-state index contributed by atoms with van der Waals surface area (Å²) in [6, 6.07) is -0.351. The Kier molecular flexibility index (Phi) is 5.11. The first-order chi connectivity index (χ1) is 6.84. The van der Waals surface area contributed by atoms with Gasteiger partial charge in [-0.3, -0.25) is 0 Å². The maximum Gasteiger partial charge on any atom is 0.329 e. The van der Waals surface area contributed by atoms with Gasteiger partial charge in [-0.25, -0.2) is 9.59 Å². The van der Waals surface area contributed by atoms with Gasteiger partial charge in [-0.15, -0.1) is 0 Å². The minimum absolute atomic E-state index is 0.351. The highest BCUT2D eigenvalue weighted by Crippen LogP contribution is 2.12. The Morgan fingerprint density at radius 2 is 1.93 bits per heavy atom. The maximum atomic E-state index is 11.5. The van der Waals surface area contributed by atoms with Crippen LogP contribution in [0.5, 0.6) is 0 Å². The third-order valence-corrected chi connectivity index (χ3v) is 2.47. The summed E-state index contributed by atoms with van der Waals surface area (Å²) in [5, 5.41) is 11.6. The molecule has 5 heteroatoms. The van der Waals surface area contributed by atoms with Gasteiger partial charge in [0.05, 0.1) is 0 Å². The third-order valence-electron chi connectivity index (χ3n) is 2.47. The largest absolute Gasteiger partial charge is 0.480 e. The van der Waals surface area contributed by atoms with Gasteiger partial charge in [-0.1, -0.05) is 13.3 Å². The molecule has 0 unspecified atom stereocenters. The second-order valence-electron chi connectivity index (χ2n) is 4.01. The Labute approximate surface area is 90.5 Å². The Bertz CT molecular complexity index is 239. The Hall–Kier alpha value is -1.26. The van der Waals surface area contributed by atoms with Crippen molar-refractivity contribution in [3.8, 4) is 0 Å². The summed E-state index contributed by atoms with van der Waals surface area (Å²) in [5.41, 5.74) is -1.18. The minimum atomic E-state index is -1.18. The topological polar surface area (TPSA) is 69.6 Å². The van der Waals surface area contributed by atoms with E-state index in [1.165, 1.54) is 25.8 Å². The molecule has 0 aliphatic heterocycles. The van der Waals surface area contributed by atoms with Crippen LogP contribution in [0.2, 0.25) is 0 Å². The summed E-state index contributed by atoms with van der Waals surface area (Å²) < 4.78 is 0. The normalized spacial score (nSPS) is 10.9. The van der Waals surface area contributed by atoms with E-state index in [-0.39, 0.29) is 6.03 Å². The summed E-state index contributed by atoms with van der Waals surface area (Å²) in [6.07, 6.45) is 1.89. The fraction of sp³-hybridized carbons (Fsp3) is 0.800. The lowest BCUT2D eigenvalue weighted by molar-refractivity contribution is -0.146. The van der Waals surface area contributed by atoms with Crippen LogP contribution in [0, 0.1) is 0 Å². The molecule has 0 aromatic carbocycles. The lowest BCUT2D eigenvalue weighted by atomic mass is 10.1. The molecule has 0 radical (unpaired) electrons. The van der Waals surface area contributed by atoms with Gasteiger partial charge in [-0.2, -0.15) is 0 Å². The number of urea groups is 1. The number of carboxylic acid groups (broad SMARTS) is 1. The minimum Gasteiger partial charge on any atom is -0.480 e. The highest BCUT2D eigenvalue weighted by atomic mass is 16.4. The number of hydrogen-bond donors (Lipinski definition) is 2. The molecule has 0 spiro atoms. The van der Waals surface area contributed by atoms with E-state index >= 15 is 0 Å². The van der Waals surface area contributed by atoms with Crippen LogP contribution in [0.1, 0.15) is 33.6 Å². The molecule has 2 amide bonds. The number of aliphatic carboxylic acids is 1. The average molecular weight is 216 g/mol. The zero-order chi connectivity index (χ0) is 12.1. The van der Waals surface area contributed by atoms with E-state index in [1.54, 1.807) is 0 Å². The van der Waals surface area contributed by atoms with Crippen molar-refractivity contribution < 1.29 is 14.7 Å². The van der Waals surface area contributed by atoms with Gasteiger partial charge in [0.1, 0.15) is 5.54 Å². The molecule has 0 saturated carbocycles. The molecule has 0 aromatic heterocycles. The highest BCUT2D eigenvalue weighted by Gasteiger charge is 2.34. The van der Waals surface area contributed by atoms with Gasteiger partial charge in [0.15, 0.2) is 0 Å². The summed E-state index contributed by atoms with van der Waals surface area (Å²) >= 11 is 0. The molecule has 0 aliphatic carbocycles. The zero-order valence-electron chi connectivity index (χ0n) is 9.83. The van der Waals surface area contributed by atoms with Crippen molar-refractivity contribution in [2.24, 2.45) is 0 Å². The smallest absolute Gasteiger partial charge is 0.329 e. The number of rotatable bonds is 5. The number of carbonyl (C=O) groups excluding carboxylic acids is 1. The van der Waals surface area contributed by atoms with Crippen molar-refractivity contribution in [2.75, 3.05) is 13.6 Å². The highest BCUT2D eigenvalue weighted by molar-refractivity contribution is 5.85. The molecule has 0 fully saturated rings. The lowest BCUT2D eigenvalue weighted by Gasteiger charge is -2.31. The van der Waals surface area contributed by atoms with Gasteiger partial charge in [0, 0.05) is 13.6 Å². The third kappa shape index (κ3) is 3.77. The van der Waals surface area contributed by atoms with Crippen molar-refractivity contribution in [1.82, 2.24) is 10.2 Å². The Balaban J connectivity index is 4.25. The van der Waals surface area contributed by atoms with E-state index in [9.17, 15) is 9.59 Å². The number of nitrogens with one attached hydrogen (secondary N) is 1. The number of amides is 2. The zero-order valence-corrected chi connectivity index (χ0v) is 9.83. The molecule has 0 aromatic rings. The Morgan fingerprint density at radius 3 is 2.33 bits per heavy atom. The standard InChI is InChI=1S/C10H20N2O3/c1-5-6-7-11-9(15)12(4)10(2,3)8(13)14/h5-7H2,1-4H3,(H,11,15)(H,13,14). The Morgan fingerprint density at radius 1 is 1.40 bits per heavy atom. The summed E-state index contributed by atoms with van der Waals surface area (Å²) in [7, 11) is 1.48. The van der Waals surface area contributed by atoms with E-state index in [0.29, 0.717) is 6.54 Å². The molecule has 0 heterocycles. The maximum absolute atomic E-state index is 11.5. The molecule has 0 aliphatic rings. The number of nitrogens with zero attached hydrogens (tertiary/aromatic N) is 1. The number of carboxylic acids is 1. The summed E-state index contributed by atoms with van der Waals surface area (Å²) in [4.78, 5) is 23.6. The van der Waals surface area contributed by atoms with E-state index in [2.05, 4.69) is 5.32 Å². The van der Waals surface area contributed by atoms with Crippen molar-refractivity contribution >= 4 is 12.0 Å². The number of carbonyl (C=O) groups is 2. The molecule has 0 bridgehead atoms. The first kappa shape index (κ1) is 13.7. The van der Waals surface area contributed by atoms with Crippen molar-refractivity contribution in [2.45, 2.75) is 39.2 Å². The van der Waals surface area contributed by atoms with E-state index < -0.39 is 11.5 Å². The molecule has 88 valence electrons. The molecule has 15 heavy (non-hydrogen) atoms. The van der Waals surface area contributed by atoms with Crippen LogP contribution in [-0.4, -0.2) is 41.1 Å². The van der Waals surface area contributed by atoms with Crippen LogP contribution >= 0.6 is 0 Å². The van der Waals surface area contributed by atoms with Crippen molar-refractivity contribution in [3.63, 3.8) is 0 Å². The van der Waals surface area contributed by atoms with Crippen LogP contribution in [0.4, 0.5) is 4.79 Å². The summed E-state index contributed by atoms with van der Waals surface area (Å²) in [5.74, 6) is -1.02. The van der Waals surface area contributed by atoms with Gasteiger partial charge >= 0.3 is 12.0 Å². The fourth-order valence-electron chi connectivity index (χ4n) is 0.888. The van der Waals surface area contributed by atoms with Gasteiger partial charge < -0.3 is 15.3 Å². The molecule has 0 saturated heterocycles. The van der Waals surface area contributed by atoms with Crippen LogP contribution in [-0.2, 0) is 4.79 Å². The molecule has 5 nitrogen and oxygen atoms in total. The molecule has 0 atom stereocenters. The predicted octanol–water partition coefficient (Wildman–Crippen LogP) is 1.29. The molecular weight excluding hydrogens is 196 g/mol.